The summed E-state index contributed by atoms with van der Waals surface area (Å²) in [6, 6.07) is 7.42. The number of carbonyl (C=O) groups excluding carboxylic acids is 1. The van der Waals surface area contributed by atoms with Crippen LogP contribution in [-0.2, 0) is 19.1 Å². The second kappa shape index (κ2) is 8.23. The largest absolute Gasteiger partial charge is 0.479 e. The monoisotopic (exact) mass is 267 g/mol. The van der Waals surface area contributed by atoms with E-state index in [2.05, 4.69) is 5.32 Å². The number of aliphatic carboxylic acids is 1. The van der Waals surface area contributed by atoms with Crippen LogP contribution in [-0.4, -0.2) is 43.9 Å². The minimum Gasteiger partial charge on any atom is -0.479 e. The van der Waals surface area contributed by atoms with Crippen molar-refractivity contribution in [1.29, 1.82) is 0 Å². The maximum absolute atomic E-state index is 11.6. The minimum absolute atomic E-state index is 0.194. The number of ether oxygens (including phenoxy) is 2. The van der Waals surface area contributed by atoms with E-state index >= 15 is 0 Å². The van der Waals surface area contributed by atoms with Gasteiger partial charge in [-0.1, -0.05) is 30.3 Å². The molecule has 0 bridgehead atoms. The summed E-state index contributed by atoms with van der Waals surface area (Å²) in [5.74, 6) is -1.59. The molecule has 0 unspecified atom stereocenters. The Bertz CT molecular complexity index is 407. The topological polar surface area (TPSA) is 84.9 Å². The smallest absolute Gasteiger partial charge is 0.330 e. The highest BCUT2D eigenvalue weighted by Gasteiger charge is 2.21. The molecule has 6 nitrogen and oxygen atoms in total. The number of benzene rings is 1. The van der Waals surface area contributed by atoms with Gasteiger partial charge in [-0.2, -0.15) is 0 Å². The first-order chi connectivity index (χ1) is 9.15. The van der Waals surface area contributed by atoms with Crippen LogP contribution in [0.1, 0.15) is 11.6 Å². The molecule has 0 saturated heterocycles. The van der Waals surface area contributed by atoms with Gasteiger partial charge < -0.3 is 19.9 Å². The molecule has 1 atom stereocenters. The van der Waals surface area contributed by atoms with Crippen molar-refractivity contribution in [3.05, 3.63) is 35.9 Å². The fourth-order valence-corrected chi connectivity index (χ4v) is 1.44. The van der Waals surface area contributed by atoms with Gasteiger partial charge in [-0.05, 0) is 5.56 Å². The van der Waals surface area contributed by atoms with E-state index in [-0.39, 0.29) is 13.2 Å². The molecule has 0 spiro atoms. The Balaban J connectivity index is 2.51. The third-order valence-electron chi connectivity index (χ3n) is 2.35. The van der Waals surface area contributed by atoms with Gasteiger partial charge in [0.25, 0.3) is 0 Å². The zero-order chi connectivity index (χ0) is 14.1. The Morgan fingerprint density at radius 1 is 1.26 bits per heavy atom. The van der Waals surface area contributed by atoms with Crippen molar-refractivity contribution in [2.24, 2.45) is 0 Å². The average molecular weight is 267 g/mol. The molecule has 6 heteroatoms. The number of hydrogen-bond donors (Lipinski definition) is 2. The molecule has 0 fully saturated rings. The maximum atomic E-state index is 11.6. The minimum atomic E-state index is -1.11. The average Bonchev–Trinajstić information content (AvgIpc) is 2.41. The van der Waals surface area contributed by atoms with Gasteiger partial charge in [-0.25, -0.2) is 4.79 Å². The van der Waals surface area contributed by atoms with Crippen LogP contribution in [0.15, 0.2) is 30.3 Å². The van der Waals surface area contributed by atoms with E-state index in [1.54, 1.807) is 30.3 Å². The molecule has 1 rings (SSSR count). The van der Waals surface area contributed by atoms with Crippen molar-refractivity contribution in [1.82, 2.24) is 5.32 Å². The summed E-state index contributed by atoms with van der Waals surface area (Å²) in [6.07, 6.45) is 0. The molecule has 1 amide bonds. The van der Waals surface area contributed by atoms with Crippen LogP contribution in [0.25, 0.3) is 0 Å². The summed E-state index contributed by atoms with van der Waals surface area (Å²) < 4.78 is 9.78. The fourth-order valence-electron chi connectivity index (χ4n) is 1.44. The number of carboxylic acids is 1. The summed E-state index contributed by atoms with van der Waals surface area (Å²) >= 11 is 0. The Hall–Kier alpha value is -1.92. The first-order valence-corrected chi connectivity index (χ1v) is 5.79. The summed E-state index contributed by atoms with van der Waals surface area (Å²) in [5, 5.41) is 11.5. The quantitative estimate of drug-likeness (QED) is 0.673. The van der Waals surface area contributed by atoms with E-state index in [4.69, 9.17) is 14.6 Å². The molecule has 0 radical (unpaired) electrons. The van der Waals surface area contributed by atoms with Crippen LogP contribution >= 0.6 is 0 Å². The summed E-state index contributed by atoms with van der Waals surface area (Å²) in [7, 11) is 1.53. The van der Waals surface area contributed by atoms with Gasteiger partial charge in [0.1, 0.15) is 6.61 Å². The van der Waals surface area contributed by atoms with Crippen molar-refractivity contribution < 1.29 is 24.2 Å². The number of amides is 1. The number of carbonyl (C=O) groups is 2. The van der Waals surface area contributed by atoms with E-state index in [1.807, 2.05) is 0 Å². The molecule has 0 aromatic heterocycles. The van der Waals surface area contributed by atoms with Crippen molar-refractivity contribution in [3.63, 3.8) is 0 Å². The Morgan fingerprint density at radius 3 is 2.53 bits per heavy atom. The number of methoxy groups -OCH3 is 1. The van der Waals surface area contributed by atoms with Gasteiger partial charge in [0, 0.05) is 7.11 Å². The second-order valence-corrected chi connectivity index (χ2v) is 3.79. The molecule has 0 aliphatic rings. The lowest BCUT2D eigenvalue weighted by molar-refractivity contribution is -0.142. The second-order valence-electron chi connectivity index (χ2n) is 3.79. The van der Waals surface area contributed by atoms with Gasteiger partial charge in [0.05, 0.1) is 13.2 Å². The van der Waals surface area contributed by atoms with Crippen LogP contribution in [0, 0.1) is 0 Å². The Morgan fingerprint density at radius 2 is 1.95 bits per heavy atom. The Labute approximate surface area is 111 Å². The Kier molecular flexibility index (Phi) is 6.56. The van der Waals surface area contributed by atoms with Crippen LogP contribution in [0.4, 0.5) is 0 Å². The van der Waals surface area contributed by atoms with Crippen molar-refractivity contribution in [2.45, 2.75) is 6.04 Å². The van der Waals surface area contributed by atoms with Gasteiger partial charge in [-0.15, -0.1) is 0 Å². The number of rotatable bonds is 8. The van der Waals surface area contributed by atoms with Crippen LogP contribution < -0.4 is 5.32 Å². The summed E-state index contributed by atoms with van der Waals surface area (Å²) in [5.41, 5.74) is 0.514. The van der Waals surface area contributed by atoms with Gasteiger partial charge >= 0.3 is 5.97 Å². The van der Waals surface area contributed by atoms with Gasteiger partial charge in [0.2, 0.25) is 5.91 Å². The standard InChI is InChI=1S/C13H17NO5/c1-18-7-8-19-9-11(15)14-12(13(16)17)10-5-3-2-4-6-10/h2-6,12H,7-9H2,1H3,(H,14,15)(H,16,17)/t12-/m1/s1. The molecule has 104 valence electrons. The van der Waals surface area contributed by atoms with Crippen molar-refractivity contribution in [3.8, 4) is 0 Å². The molecule has 1 aromatic carbocycles. The first-order valence-electron chi connectivity index (χ1n) is 5.79. The number of nitrogens with one attached hydrogen (secondary N) is 1. The SMILES string of the molecule is COCCOCC(=O)N[C@@H](C(=O)O)c1ccccc1. The zero-order valence-electron chi connectivity index (χ0n) is 10.7. The predicted molar refractivity (Wildman–Crippen MR) is 67.7 cm³/mol. The molecule has 0 aliphatic heterocycles. The van der Waals surface area contributed by atoms with E-state index in [1.165, 1.54) is 7.11 Å². The zero-order valence-corrected chi connectivity index (χ0v) is 10.7. The fraction of sp³-hybridized carbons (Fsp3) is 0.385. The summed E-state index contributed by atoms with van der Waals surface area (Å²) in [6.45, 7) is 0.474. The molecule has 0 saturated carbocycles. The van der Waals surface area contributed by atoms with E-state index in [0.717, 1.165) is 0 Å². The number of carboxylic acid groups (broad SMARTS) is 1. The maximum Gasteiger partial charge on any atom is 0.330 e. The third-order valence-corrected chi connectivity index (χ3v) is 2.35. The summed E-state index contributed by atoms with van der Waals surface area (Å²) in [4.78, 5) is 22.7. The molecular weight excluding hydrogens is 250 g/mol. The highest BCUT2D eigenvalue weighted by Crippen LogP contribution is 2.12. The lowest BCUT2D eigenvalue weighted by atomic mass is 10.1. The van der Waals surface area contributed by atoms with E-state index < -0.39 is 17.9 Å². The molecule has 1 aromatic rings. The molecular formula is C13H17NO5. The predicted octanol–water partition coefficient (Wildman–Crippen LogP) is 0.592. The van der Waals surface area contributed by atoms with E-state index in [9.17, 15) is 9.59 Å². The van der Waals surface area contributed by atoms with Crippen molar-refractivity contribution in [2.75, 3.05) is 26.9 Å². The normalized spacial score (nSPS) is 11.8. The highest BCUT2D eigenvalue weighted by molar-refractivity contribution is 5.85. The van der Waals surface area contributed by atoms with Gasteiger partial charge in [0.15, 0.2) is 6.04 Å². The van der Waals surface area contributed by atoms with Gasteiger partial charge in [-0.3, -0.25) is 4.79 Å². The lowest BCUT2D eigenvalue weighted by Crippen LogP contribution is -2.36. The third kappa shape index (κ3) is 5.50. The molecule has 2 N–H and O–H groups in total. The first kappa shape index (κ1) is 15.1. The number of hydrogen-bond acceptors (Lipinski definition) is 4. The molecule has 19 heavy (non-hydrogen) atoms. The van der Waals surface area contributed by atoms with Crippen LogP contribution in [0.2, 0.25) is 0 Å². The van der Waals surface area contributed by atoms with Crippen LogP contribution in [0.3, 0.4) is 0 Å². The van der Waals surface area contributed by atoms with E-state index in [0.29, 0.717) is 12.2 Å². The highest BCUT2D eigenvalue weighted by atomic mass is 16.5. The lowest BCUT2D eigenvalue weighted by Gasteiger charge is -2.14. The van der Waals surface area contributed by atoms with Crippen LogP contribution in [0.5, 0.6) is 0 Å². The van der Waals surface area contributed by atoms with Crippen molar-refractivity contribution >= 4 is 11.9 Å². The molecule has 0 heterocycles. The molecule has 0 aliphatic carbocycles.